The first kappa shape index (κ1) is 14.8. The molecular formula is C17H21NOS. The van der Waals surface area contributed by atoms with Crippen LogP contribution < -0.4 is 5.32 Å². The summed E-state index contributed by atoms with van der Waals surface area (Å²) in [5, 5.41) is 3.86. The number of nitrogens with one attached hydrogen (secondary N) is 1. The zero-order valence-corrected chi connectivity index (χ0v) is 13.5. The molecule has 0 saturated heterocycles. The second kappa shape index (κ2) is 5.41. The van der Waals surface area contributed by atoms with E-state index in [4.69, 9.17) is 0 Å². The van der Waals surface area contributed by atoms with Crippen LogP contribution in [0, 0.1) is 13.8 Å². The zero-order valence-electron chi connectivity index (χ0n) is 12.7. The van der Waals surface area contributed by atoms with Gasteiger partial charge in [0.15, 0.2) is 0 Å². The molecule has 0 fully saturated rings. The highest BCUT2D eigenvalue weighted by Gasteiger charge is 2.14. The van der Waals surface area contributed by atoms with Crippen molar-refractivity contribution in [3.8, 4) is 0 Å². The van der Waals surface area contributed by atoms with Crippen LogP contribution >= 0.6 is 11.3 Å². The Labute approximate surface area is 124 Å². The molecule has 1 N–H and O–H groups in total. The van der Waals surface area contributed by atoms with Crippen LogP contribution in [0.15, 0.2) is 30.3 Å². The van der Waals surface area contributed by atoms with Gasteiger partial charge in [-0.05, 0) is 48.6 Å². The zero-order chi connectivity index (χ0) is 14.9. The van der Waals surface area contributed by atoms with Crippen molar-refractivity contribution < 1.29 is 4.79 Å². The molecule has 0 bridgehead atoms. The van der Waals surface area contributed by atoms with E-state index in [0.29, 0.717) is 5.56 Å². The average molecular weight is 287 g/mol. The number of hydrogen-bond donors (Lipinski definition) is 1. The van der Waals surface area contributed by atoms with E-state index in [0.717, 1.165) is 5.00 Å². The van der Waals surface area contributed by atoms with E-state index in [2.05, 4.69) is 39.9 Å². The van der Waals surface area contributed by atoms with Crippen LogP contribution in [0.25, 0.3) is 0 Å². The summed E-state index contributed by atoms with van der Waals surface area (Å²) in [5.41, 5.74) is 3.25. The minimum atomic E-state index is -0.0493. The minimum absolute atomic E-state index is 0.0493. The number of amides is 1. The van der Waals surface area contributed by atoms with Gasteiger partial charge in [0.2, 0.25) is 0 Å². The fourth-order valence-corrected chi connectivity index (χ4v) is 2.87. The van der Waals surface area contributed by atoms with Gasteiger partial charge in [-0.3, -0.25) is 4.79 Å². The predicted molar refractivity (Wildman–Crippen MR) is 86.9 cm³/mol. The molecule has 1 aromatic heterocycles. The van der Waals surface area contributed by atoms with Crippen molar-refractivity contribution in [3.63, 3.8) is 0 Å². The van der Waals surface area contributed by atoms with Crippen molar-refractivity contribution in [2.75, 3.05) is 5.32 Å². The first-order valence-electron chi connectivity index (χ1n) is 6.76. The number of aryl methyl sites for hydroxylation is 2. The smallest absolute Gasteiger partial charge is 0.256 e. The van der Waals surface area contributed by atoms with E-state index in [1.165, 1.54) is 16.0 Å². The van der Waals surface area contributed by atoms with E-state index in [1.54, 1.807) is 11.3 Å². The lowest BCUT2D eigenvalue weighted by Crippen LogP contribution is -2.13. The summed E-state index contributed by atoms with van der Waals surface area (Å²) in [6, 6.07) is 9.85. The molecule has 0 aliphatic carbocycles. The Kier molecular flexibility index (Phi) is 4.00. The monoisotopic (exact) mass is 287 g/mol. The third-order valence-electron chi connectivity index (χ3n) is 3.42. The molecule has 0 aliphatic heterocycles. The first-order chi connectivity index (χ1) is 9.27. The molecular weight excluding hydrogens is 266 g/mol. The molecule has 2 aromatic rings. The van der Waals surface area contributed by atoms with Crippen molar-refractivity contribution in [2.45, 2.75) is 40.0 Å². The Morgan fingerprint density at radius 3 is 2.15 bits per heavy atom. The molecule has 2 nitrogen and oxygen atoms in total. The van der Waals surface area contributed by atoms with Crippen LogP contribution in [-0.4, -0.2) is 5.91 Å². The van der Waals surface area contributed by atoms with Crippen molar-refractivity contribution in [1.82, 2.24) is 0 Å². The van der Waals surface area contributed by atoms with Gasteiger partial charge in [-0.25, -0.2) is 0 Å². The lowest BCUT2D eigenvalue weighted by atomic mass is 9.87. The first-order valence-corrected chi connectivity index (χ1v) is 7.58. The molecule has 0 saturated carbocycles. The molecule has 0 radical (unpaired) electrons. The van der Waals surface area contributed by atoms with E-state index >= 15 is 0 Å². The van der Waals surface area contributed by atoms with E-state index in [1.807, 2.05) is 30.3 Å². The van der Waals surface area contributed by atoms with E-state index in [9.17, 15) is 4.79 Å². The lowest BCUT2D eigenvalue weighted by molar-refractivity contribution is 0.102. The molecule has 0 spiro atoms. The number of carbonyl (C=O) groups is 1. The summed E-state index contributed by atoms with van der Waals surface area (Å²) in [6.45, 7) is 10.6. The van der Waals surface area contributed by atoms with Crippen molar-refractivity contribution in [3.05, 3.63) is 51.9 Å². The van der Waals surface area contributed by atoms with Gasteiger partial charge < -0.3 is 5.32 Å². The molecule has 3 heteroatoms. The number of rotatable bonds is 2. The van der Waals surface area contributed by atoms with Gasteiger partial charge in [-0.15, -0.1) is 11.3 Å². The van der Waals surface area contributed by atoms with Crippen LogP contribution in [0.4, 0.5) is 5.00 Å². The number of anilines is 1. The van der Waals surface area contributed by atoms with Gasteiger partial charge in [0.1, 0.15) is 0 Å². The summed E-state index contributed by atoms with van der Waals surface area (Å²) in [5.74, 6) is -0.0493. The number of thiophene rings is 1. The topological polar surface area (TPSA) is 29.1 Å². The molecule has 0 atom stereocenters. The summed E-state index contributed by atoms with van der Waals surface area (Å²) in [6.07, 6.45) is 0. The third-order valence-corrected chi connectivity index (χ3v) is 4.48. The predicted octanol–water partition coefficient (Wildman–Crippen LogP) is 4.91. The van der Waals surface area contributed by atoms with Gasteiger partial charge in [0.05, 0.1) is 5.00 Å². The second-order valence-electron chi connectivity index (χ2n) is 6.13. The van der Waals surface area contributed by atoms with Gasteiger partial charge in [-0.2, -0.15) is 0 Å². The molecule has 106 valence electrons. The quantitative estimate of drug-likeness (QED) is 0.835. The molecule has 1 amide bonds. The fraction of sp³-hybridized carbons (Fsp3) is 0.353. The average Bonchev–Trinajstić information content (AvgIpc) is 2.67. The normalized spacial score (nSPS) is 11.4. The number of carbonyl (C=O) groups excluding carboxylic acids is 1. The molecule has 2 rings (SSSR count). The van der Waals surface area contributed by atoms with Crippen LogP contribution in [0.1, 0.15) is 47.1 Å². The highest BCUT2D eigenvalue weighted by atomic mass is 32.1. The van der Waals surface area contributed by atoms with Crippen LogP contribution in [-0.2, 0) is 5.41 Å². The molecule has 1 heterocycles. The van der Waals surface area contributed by atoms with Gasteiger partial charge in [-0.1, -0.05) is 32.9 Å². The standard InChI is InChI=1S/C17H21NOS/c1-11-10-15(20-12(11)2)18-16(19)13-6-8-14(9-7-13)17(3,4)5/h6-10H,1-5H3,(H,18,19). The Hall–Kier alpha value is -1.61. The maximum absolute atomic E-state index is 12.2. The SMILES string of the molecule is Cc1cc(NC(=O)c2ccc(C(C)(C)C)cc2)sc1C. The molecule has 0 unspecified atom stereocenters. The Morgan fingerprint density at radius 1 is 1.10 bits per heavy atom. The molecule has 0 aliphatic rings. The van der Waals surface area contributed by atoms with Crippen LogP contribution in [0.2, 0.25) is 0 Å². The van der Waals surface area contributed by atoms with Crippen molar-refractivity contribution in [1.29, 1.82) is 0 Å². The van der Waals surface area contributed by atoms with E-state index in [-0.39, 0.29) is 11.3 Å². The maximum Gasteiger partial charge on any atom is 0.256 e. The molecule has 20 heavy (non-hydrogen) atoms. The van der Waals surface area contributed by atoms with Gasteiger partial charge in [0.25, 0.3) is 5.91 Å². The Morgan fingerprint density at radius 2 is 1.70 bits per heavy atom. The Balaban J connectivity index is 2.13. The summed E-state index contributed by atoms with van der Waals surface area (Å²) >= 11 is 1.61. The largest absolute Gasteiger partial charge is 0.314 e. The molecule has 1 aromatic carbocycles. The summed E-state index contributed by atoms with van der Waals surface area (Å²) < 4.78 is 0. The van der Waals surface area contributed by atoms with Crippen LogP contribution in [0.3, 0.4) is 0 Å². The van der Waals surface area contributed by atoms with Crippen molar-refractivity contribution >= 4 is 22.2 Å². The van der Waals surface area contributed by atoms with Gasteiger partial charge >= 0.3 is 0 Å². The maximum atomic E-state index is 12.2. The number of hydrogen-bond acceptors (Lipinski definition) is 2. The van der Waals surface area contributed by atoms with Crippen LogP contribution in [0.5, 0.6) is 0 Å². The van der Waals surface area contributed by atoms with Crippen molar-refractivity contribution in [2.24, 2.45) is 0 Å². The number of benzene rings is 1. The van der Waals surface area contributed by atoms with Gasteiger partial charge in [0, 0.05) is 10.4 Å². The van der Waals surface area contributed by atoms with E-state index < -0.39 is 0 Å². The fourth-order valence-electron chi connectivity index (χ4n) is 1.94. The second-order valence-corrected chi connectivity index (χ2v) is 7.39. The summed E-state index contributed by atoms with van der Waals surface area (Å²) in [7, 11) is 0. The Bertz CT molecular complexity index is 598. The highest BCUT2D eigenvalue weighted by Crippen LogP contribution is 2.26. The lowest BCUT2D eigenvalue weighted by Gasteiger charge is -2.19. The summed E-state index contributed by atoms with van der Waals surface area (Å²) in [4.78, 5) is 13.4. The third kappa shape index (κ3) is 3.28. The minimum Gasteiger partial charge on any atom is -0.314 e. The highest BCUT2D eigenvalue weighted by molar-refractivity contribution is 7.16.